The molecule has 3 N–H and O–H groups in total. The molecule has 3 unspecified atom stereocenters. The van der Waals surface area contributed by atoms with Crippen LogP contribution in [0, 0.1) is 12.8 Å². The number of benzene rings is 2. The topological polar surface area (TPSA) is 81.7 Å². The van der Waals surface area contributed by atoms with E-state index in [9.17, 15) is 14.7 Å². The average molecular weight is 452 g/mol. The zero-order valence-electron chi connectivity index (χ0n) is 20.2. The van der Waals surface area contributed by atoms with Crippen molar-refractivity contribution in [2.24, 2.45) is 5.92 Å². The number of aryl methyl sites for hydroxylation is 2. The Kier molecular flexibility index (Phi) is 8.64. The second-order valence-electron chi connectivity index (χ2n) is 8.99. The van der Waals surface area contributed by atoms with E-state index >= 15 is 0 Å². The molecule has 0 heterocycles. The highest BCUT2D eigenvalue weighted by Gasteiger charge is 2.34. The number of anilines is 2. The van der Waals surface area contributed by atoms with Crippen LogP contribution in [0.4, 0.5) is 11.4 Å². The Bertz CT molecular complexity index is 958. The minimum atomic E-state index is -0.802. The third-order valence-electron chi connectivity index (χ3n) is 6.63. The zero-order chi connectivity index (χ0) is 24.0. The summed E-state index contributed by atoms with van der Waals surface area (Å²) in [5.41, 5.74) is 4.83. The van der Waals surface area contributed by atoms with Crippen molar-refractivity contribution in [3.05, 3.63) is 59.2 Å². The molecule has 3 atom stereocenters. The molecular formula is C27H37N3O3. The molecule has 1 aliphatic carbocycles. The number of hydrogen-bond donors (Lipinski definition) is 3. The van der Waals surface area contributed by atoms with Gasteiger partial charge in [-0.2, -0.15) is 0 Å². The number of aliphatic hydroxyl groups is 1. The summed E-state index contributed by atoms with van der Waals surface area (Å²) in [6.45, 7) is 6.07. The first-order chi connectivity index (χ1) is 15.8. The van der Waals surface area contributed by atoms with Crippen LogP contribution in [0.2, 0.25) is 0 Å². The van der Waals surface area contributed by atoms with Crippen molar-refractivity contribution in [3.63, 3.8) is 0 Å². The van der Waals surface area contributed by atoms with Crippen molar-refractivity contribution in [1.82, 2.24) is 5.32 Å². The normalized spacial score (nSPS) is 18.7. The molecule has 0 saturated heterocycles. The van der Waals surface area contributed by atoms with Crippen LogP contribution >= 0.6 is 0 Å². The van der Waals surface area contributed by atoms with Crippen LogP contribution < -0.4 is 15.5 Å². The van der Waals surface area contributed by atoms with E-state index in [0.29, 0.717) is 12.1 Å². The van der Waals surface area contributed by atoms with Crippen LogP contribution in [0.15, 0.2) is 42.5 Å². The van der Waals surface area contributed by atoms with E-state index in [1.807, 2.05) is 43.3 Å². The van der Waals surface area contributed by atoms with Gasteiger partial charge in [0.25, 0.3) is 0 Å². The molecule has 178 valence electrons. The van der Waals surface area contributed by atoms with Crippen LogP contribution in [0.1, 0.15) is 68.9 Å². The van der Waals surface area contributed by atoms with Crippen molar-refractivity contribution in [3.8, 4) is 0 Å². The molecule has 6 nitrogen and oxygen atoms in total. The number of hydrogen-bond acceptors (Lipinski definition) is 4. The van der Waals surface area contributed by atoms with Crippen molar-refractivity contribution in [2.75, 3.05) is 17.3 Å². The number of amides is 2. The number of rotatable bonds is 9. The summed E-state index contributed by atoms with van der Waals surface area (Å²) in [6, 6.07) is 13.3. The van der Waals surface area contributed by atoms with Gasteiger partial charge in [0.05, 0.1) is 5.92 Å². The third kappa shape index (κ3) is 6.21. The molecule has 1 aliphatic rings. The van der Waals surface area contributed by atoms with Crippen LogP contribution in [-0.4, -0.2) is 30.0 Å². The molecule has 2 aromatic carbocycles. The fourth-order valence-electron chi connectivity index (χ4n) is 4.60. The lowest BCUT2D eigenvalue weighted by Crippen LogP contribution is -2.40. The van der Waals surface area contributed by atoms with Gasteiger partial charge >= 0.3 is 0 Å². The highest BCUT2D eigenvalue weighted by atomic mass is 16.3. The van der Waals surface area contributed by atoms with Gasteiger partial charge in [0.1, 0.15) is 6.23 Å². The molecule has 0 spiro atoms. The van der Waals surface area contributed by atoms with Gasteiger partial charge in [-0.3, -0.25) is 14.9 Å². The average Bonchev–Trinajstić information content (AvgIpc) is 3.28. The van der Waals surface area contributed by atoms with Gasteiger partial charge in [0.2, 0.25) is 11.8 Å². The van der Waals surface area contributed by atoms with E-state index < -0.39 is 6.23 Å². The number of nitrogens with zero attached hydrogens (tertiary/aromatic N) is 1. The summed E-state index contributed by atoms with van der Waals surface area (Å²) in [6.07, 6.45) is 4.35. The summed E-state index contributed by atoms with van der Waals surface area (Å²) < 4.78 is 0. The van der Waals surface area contributed by atoms with Crippen LogP contribution in [0.25, 0.3) is 0 Å². The van der Waals surface area contributed by atoms with E-state index in [1.54, 1.807) is 11.9 Å². The van der Waals surface area contributed by atoms with Crippen molar-refractivity contribution < 1.29 is 14.7 Å². The summed E-state index contributed by atoms with van der Waals surface area (Å²) in [5.74, 6) is -0.207. The third-order valence-corrected chi connectivity index (χ3v) is 6.63. The molecule has 0 aliphatic heterocycles. The Hall–Kier alpha value is -2.70. The Morgan fingerprint density at radius 2 is 1.85 bits per heavy atom. The quantitative estimate of drug-likeness (QED) is 0.482. The zero-order valence-corrected chi connectivity index (χ0v) is 20.2. The smallest absolute Gasteiger partial charge is 0.229 e. The monoisotopic (exact) mass is 451 g/mol. The first-order valence-corrected chi connectivity index (χ1v) is 12.0. The molecule has 1 saturated carbocycles. The number of nitrogens with one attached hydrogen (secondary N) is 2. The van der Waals surface area contributed by atoms with Crippen LogP contribution in [0.5, 0.6) is 0 Å². The fraction of sp³-hybridized carbons (Fsp3) is 0.481. The fourth-order valence-corrected chi connectivity index (χ4v) is 4.60. The maximum atomic E-state index is 13.0. The molecule has 6 heteroatoms. The molecule has 33 heavy (non-hydrogen) atoms. The van der Waals surface area contributed by atoms with E-state index in [1.165, 1.54) is 11.1 Å². The second-order valence-corrected chi connectivity index (χ2v) is 8.99. The maximum Gasteiger partial charge on any atom is 0.229 e. The summed E-state index contributed by atoms with van der Waals surface area (Å²) in [4.78, 5) is 26.5. The van der Waals surface area contributed by atoms with Gasteiger partial charge in [-0.25, -0.2) is 0 Å². The number of carbonyl (C=O) groups is 2. The van der Waals surface area contributed by atoms with E-state index in [0.717, 1.165) is 43.4 Å². The number of aliphatic hydroxyl groups excluding tert-OH is 1. The molecule has 0 aromatic heterocycles. The van der Waals surface area contributed by atoms with E-state index in [-0.39, 0.29) is 23.8 Å². The minimum Gasteiger partial charge on any atom is -0.374 e. The van der Waals surface area contributed by atoms with Crippen molar-refractivity contribution >= 4 is 23.2 Å². The summed E-state index contributed by atoms with van der Waals surface area (Å²) in [7, 11) is 1.75. The Labute approximate surface area is 197 Å². The predicted molar refractivity (Wildman–Crippen MR) is 133 cm³/mol. The SMILES string of the molecule is CCCc1ccc(C(O)NC2CCCC2C(=O)Nc2ccc(N(C)C(=O)CC)cc2)cc1C. The molecule has 2 aromatic rings. The van der Waals surface area contributed by atoms with Gasteiger partial charge in [-0.1, -0.05) is 44.9 Å². The maximum absolute atomic E-state index is 13.0. The molecular weight excluding hydrogens is 414 g/mol. The second kappa shape index (κ2) is 11.4. The van der Waals surface area contributed by atoms with Gasteiger partial charge < -0.3 is 15.3 Å². The first-order valence-electron chi connectivity index (χ1n) is 12.0. The lowest BCUT2D eigenvalue weighted by Gasteiger charge is -2.24. The van der Waals surface area contributed by atoms with Gasteiger partial charge in [0.15, 0.2) is 0 Å². The van der Waals surface area contributed by atoms with Gasteiger partial charge in [-0.15, -0.1) is 0 Å². The Balaban J connectivity index is 1.61. The first kappa shape index (κ1) is 24.9. The molecule has 3 rings (SSSR count). The summed E-state index contributed by atoms with van der Waals surface area (Å²) >= 11 is 0. The lowest BCUT2D eigenvalue weighted by atomic mass is 9.99. The Morgan fingerprint density at radius 3 is 2.48 bits per heavy atom. The van der Waals surface area contributed by atoms with E-state index in [2.05, 4.69) is 30.5 Å². The molecule has 1 fully saturated rings. The van der Waals surface area contributed by atoms with Crippen molar-refractivity contribution in [2.45, 2.75) is 71.6 Å². The molecule has 0 bridgehead atoms. The number of carbonyl (C=O) groups excluding carboxylic acids is 2. The Morgan fingerprint density at radius 1 is 1.12 bits per heavy atom. The lowest BCUT2D eigenvalue weighted by molar-refractivity contribution is -0.120. The predicted octanol–water partition coefficient (Wildman–Crippen LogP) is 4.71. The van der Waals surface area contributed by atoms with Gasteiger partial charge in [0, 0.05) is 30.9 Å². The minimum absolute atomic E-state index is 0.0420. The largest absolute Gasteiger partial charge is 0.374 e. The highest BCUT2D eigenvalue weighted by molar-refractivity contribution is 5.95. The van der Waals surface area contributed by atoms with Crippen LogP contribution in [-0.2, 0) is 16.0 Å². The van der Waals surface area contributed by atoms with Gasteiger partial charge in [-0.05, 0) is 67.1 Å². The van der Waals surface area contributed by atoms with Crippen LogP contribution in [0.3, 0.4) is 0 Å². The van der Waals surface area contributed by atoms with Crippen molar-refractivity contribution in [1.29, 1.82) is 0 Å². The summed E-state index contributed by atoms with van der Waals surface area (Å²) in [5, 5.41) is 17.1. The highest BCUT2D eigenvalue weighted by Crippen LogP contribution is 2.29. The van der Waals surface area contributed by atoms with E-state index in [4.69, 9.17) is 0 Å². The standard InChI is InChI=1S/C27H37N3O3/c1-5-8-19-11-12-20(17-18(19)3)26(32)29-24-10-7-9-23(24)27(33)28-21-13-15-22(16-14-21)30(4)25(31)6-2/h11-17,23-24,26,29,32H,5-10H2,1-4H3,(H,28,33). The molecule has 0 radical (unpaired) electrons. The molecule has 2 amide bonds.